The van der Waals surface area contributed by atoms with Gasteiger partial charge in [0.15, 0.2) is 0 Å². The number of hydrogen-bond donors (Lipinski definition) is 1. The first-order valence-corrected chi connectivity index (χ1v) is 6.09. The first kappa shape index (κ1) is 14.8. The lowest BCUT2D eigenvalue weighted by Gasteiger charge is -2.21. The van der Waals surface area contributed by atoms with Crippen LogP contribution < -0.4 is 10.6 Å². The van der Waals surface area contributed by atoms with Crippen LogP contribution in [0.15, 0.2) is 43.5 Å². The van der Waals surface area contributed by atoms with Crippen LogP contribution in [0.25, 0.3) is 0 Å². The van der Waals surface area contributed by atoms with E-state index in [1.165, 1.54) is 0 Å². The van der Waals surface area contributed by atoms with Gasteiger partial charge in [-0.05, 0) is 18.2 Å². The monoisotopic (exact) mass is 259 g/mol. The number of hydrogen-bond acceptors (Lipinski definition) is 3. The maximum absolute atomic E-state index is 12.3. The van der Waals surface area contributed by atoms with Crippen molar-refractivity contribution in [1.29, 1.82) is 0 Å². The van der Waals surface area contributed by atoms with Gasteiger partial charge in [0.1, 0.15) is 0 Å². The van der Waals surface area contributed by atoms with Gasteiger partial charge in [0, 0.05) is 32.7 Å². The number of amides is 1. The largest absolute Gasteiger partial charge is 0.397 e. The van der Waals surface area contributed by atoms with Crippen molar-refractivity contribution in [2.24, 2.45) is 0 Å². The predicted octanol–water partition coefficient (Wildman–Crippen LogP) is 2.15. The van der Waals surface area contributed by atoms with Gasteiger partial charge in [0.05, 0.1) is 11.4 Å². The van der Waals surface area contributed by atoms with Crippen LogP contribution in [0.5, 0.6) is 0 Å². The van der Waals surface area contributed by atoms with Gasteiger partial charge < -0.3 is 15.5 Å². The molecule has 4 nitrogen and oxygen atoms in total. The van der Waals surface area contributed by atoms with Crippen LogP contribution in [0.1, 0.15) is 10.4 Å². The minimum absolute atomic E-state index is 0.0724. The Labute approximate surface area is 114 Å². The van der Waals surface area contributed by atoms with Crippen molar-refractivity contribution in [3.05, 3.63) is 49.1 Å². The fourth-order valence-corrected chi connectivity index (χ4v) is 1.83. The molecule has 1 aromatic carbocycles. The Hall–Kier alpha value is -2.23. The van der Waals surface area contributed by atoms with Crippen LogP contribution in [0.2, 0.25) is 0 Å². The summed E-state index contributed by atoms with van der Waals surface area (Å²) in [5, 5.41) is 0. The van der Waals surface area contributed by atoms with Gasteiger partial charge in [0.25, 0.3) is 5.91 Å². The zero-order chi connectivity index (χ0) is 14.4. The third-order valence-electron chi connectivity index (χ3n) is 2.74. The van der Waals surface area contributed by atoms with Crippen LogP contribution in [-0.4, -0.2) is 38.0 Å². The third kappa shape index (κ3) is 3.61. The molecule has 102 valence electrons. The Balaban J connectivity index is 3.01. The lowest BCUT2D eigenvalue weighted by molar-refractivity contribution is 0.0791. The molecule has 0 radical (unpaired) electrons. The molecule has 0 aliphatic rings. The molecule has 0 aliphatic heterocycles. The average Bonchev–Trinajstić information content (AvgIpc) is 2.37. The van der Waals surface area contributed by atoms with Crippen LogP contribution in [-0.2, 0) is 0 Å². The number of nitrogens with two attached hydrogens (primary N) is 1. The number of rotatable bonds is 6. The van der Waals surface area contributed by atoms with Crippen molar-refractivity contribution in [3.8, 4) is 0 Å². The first-order chi connectivity index (χ1) is 9.01. The average molecular weight is 259 g/mol. The van der Waals surface area contributed by atoms with Gasteiger partial charge in [-0.1, -0.05) is 12.2 Å². The van der Waals surface area contributed by atoms with E-state index in [1.54, 1.807) is 29.2 Å². The van der Waals surface area contributed by atoms with Crippen LogP contribution in [0.3, 0.4) is 0 Å². The van der Waals surface area contributed by atoms with Gasteiger partial charge in [0.2, 0.25) is 0 Å². The number of nitrogens with zero attached hydrogens (tertiary/aromatic N) is 2. The molecule has 0 aliphatic carbocycles. The summed E-state index contributed by atoms with van der Waals surface area (Å²) in [6.45, 7) is 8.28. The van der Waals surface area contributed by atoms with Crippen LogP contribution >= 0.6 is 0 Å². The molecule has 0 saturated carbocycles. The fraction of sp³-hybridized carbons (Fsp3) is 0.267. The highest BCUT2D eigenvalue weighted by molar-refractivity contribution is 5.96. The summed E-state index contributed by atoms with van der Waals surface area (Å²) in [7, 11) is 3.82. The normalized spacial score (nSPS) is 9.79. The Morgan fingerprint density at radius 3 is 2.26 bits per heavy atom. The molecule has 0 aromatic heterocycles. The summed E-state index contributed by atoms with van der Waals surface area (Å²) in [6, 6.07) is 5.34. The van der Waals surface area contributed by atoms with Crippen molar-refractivity contribution >= 4 is 17.3 Å². The van der Waals surface area contributed by atoms with Crippen molar-refractivity contribution < 1.29 is 4.79 Å². The number of nitrogen functional groups attached to an aromatic ring is 1. The quantitative estimate of drug-likeness (QED) is 0.629. The highest BCUT2D eigenvalue weighted by Gasteiger charge is 2.14. The highest BCUT2D eigenvalue weighted by atomic mass is 16.2. The molecule has 0 unspecified atom stereocenters. The Morgan fingerprint density at radius 1 is 1.26 bits per heavy atom. The summed E-state index contributed by atoms with van der Waals surface area (Å²) in [5.41, 5.74) is 8.02. The zero-order valence-electron chi connectivity index (χ0n) is 11.6. The van der Waals surface area contributed by atoms with Crippen LogP contribution in [0.4, 0.5) is 11.4 Å². The van der Waals surface area contributed by atoms with E-state index in [2.05, 4.69) is 13.2 Å². The van der Waals surface area contributed by atoms with Gasteiger partial charge in [-0.2, -0.15) is 0 Å². The van der Waals surface area contributed by atoms with Crippen LogP contribution in [0, 0.1) is 0 Å². The standard InChI is InChI=1S/C15H21N3O/c1-5-9-18(10-6-2)15(19)12-7-8-14(17(3)4)13(16)11-12/h5-8,11H,1-2,9-10,16H2,3-4H3. The van der Waals surface area contributed by atoms with E-state index < -0.39 is 0 Å². The second kappa shape index (κ2) is 6.64. The van der Waals surface area contributed by atoms with Gasteiger partial charge in [-0.25, -0.2) is 0 Å². The molecule has 0 saturated heterocycles. The minimum Gasteiger partial charge on any atom is -0.397 e. The first-order valence-electron chi connectivity index (χ1n) is 6.09. The third-order valence-corrected chi connectivity index (χ3v) is 2.74. The lowest BCUT2D eigenvalue weighted by Crippen LogP contribution is -2.31. The molecule has 1 amide bonds. The lowest BCUT2D eigenvalue weighted by atomic mass is 10.1. The van der Waals surface area contributed by atoms with E-state index in [1.807, 2.05) is 25.1 Å². The van der Waals surface area contributed by atoms with E-state index in [0.717, 1.165) is 5.69 Å². The molecule has 4 heteroatoms. The van der Waals surface area contributed by atoms with Crippen molar-refractivity contribution in [2.75, 3.05) is 37.8 Å². The number of carbonyl (C=O) groups is 1. The highest BCUT2D eigenvalue weighted by Crippen LogP contribution is 2.23. The molecular weight excluding hydrogens is 238 g/mol. The van der Waals surface area contributed by atoms with Crippen molar-refractivity contribution in [2.45, 2.75) is 0 Å². The predicted molar refractivity (Wildman–Crippen MR) is 81.5 cm³/mol. The van der Waals surface area contributed by atoms with Crippen molar-refractivity contribution in [1.82, 2.24) is 4.90 Å². The van der Waals surface area contributed by atoms with E-state index in [0.29, 0.717) is 24.3 Å². The molecule has 0 bridgehead atoms. The van der Waals surface area contributed by atoms with E-state index >= 15 is 0 Å². The summed E-state index contributed by atoms with van der Waals surface area (Å²) in [4.78, 5) is 15.9. The van der Waals surface area contributed by atoms with Gasteiger partial charge in [-0.15, -0.1) is 13.2 Å². The topological polar surface area (TPSA) is 49.6 Å². The Morgan fingerprint density at radius 2 is 1.84 bits per heavy atom. The molecule has 0 atom stereocenters. The number of anilines is 2. The smallest absolute Gasteiger partial charge is 0.254 e. The maximum atomic E-state index is 12.3. The van der Waals surface area contributed by atoms with E-state index in [-0.39, 0.29) is 5.91 Å². The van der Waals surface area contributed by atoms with Gasteiger partial charge in [-0.3, -0.25) is 4.79 Å². The maximum Gasteiger partial charge on any atom is 0.254 e. The Bertz CT molecular complexity index is 470. The summed E-state index contributed by atoms with van der Waals surface area (Å²) < 4.78 is 0. The summed E-state index contributed by atoms with van der Waals surface area (Å²) in [6.07, 6.45) is 3.39. The molecule has 0 fully saturated rings. The molecular formula is C15H21N3O. The molecule has 0 heterocycles. The molecule has 19 heavy (non-hydrogen) atoms. The van der Waals surface area contributed by atoms with E-state index in [4.69, 9.17) is 5.73 Å². The molecule has 2 N–H and O–H groups in total. The second-order valence-electron chi connectivity index (χ2n) is 4.46. The Kier molecular flexibility index (Phi) is 5.18. The molecule has 0 spiro atoms. The molecule has 1 rings (SSSR count). The minimum atomic E-state index is -0.0724. The fourth-order valence-electron chi connectivity index (χ4n) is 1.83. The van der Waals surface area contributed by atoms with Gasteiger partial charge >= 0.3 is 0 Å². The van der Waals surface area contributed by atoms with Crippen molar-refractivity contribution in [3.63, 3.8) is 0 Å². The summed E-state index contributed by atoms with van der Waals surface area (Å²) in [5.74, 6) is -0.0724. The molecule has 1 aromatic rings. The summed E-state index contributed by atoms with van der Waals surface area (Å²) >= 11 is 0. The number of carbonyl (C=O) groups excluding carboxylic acids is 1. The van der Waals surface area contributed by atoms with E-state index in [9.17, 15) is 4.79 Å². The number of benzene rings is 1. The zero-order valence-corrected chi connectivity index (χ0v) is 11.6. The SMILES string of the molecule is C=CCN(CC=C)C(=O)c1ccc(N(C)C)c(N)c1. The second-order valence-corrected chi connectivity index (χ2v) is 4.46.